The first kappa shape index (κ1) is 14.1. The lowest BCUT2D eigenvalue weighted by Gasteiger charge is -2.26. The molecule has 0 amide bonds. The number of nitrogens with zero attached hydrogens (tertiary/aromatic N) is 2. The Morgan fingerprint density at radius 2 is 2.32 bits per heavy atom. The molecule has 0 saturated carbocycles. The topological polar surface area (TPSA) is 60.5 Å². The minimum absolute atomic E-state index is 0.00872. The highest BCUT2D eigenvalue weighted by atomic mass is 16.5. The van der Waals surface area contributed by atoms with Gasteiger partial charge in [0.1, 0.15) is 0 Å². The van der Waals surface area contributed by atoms with Gasteiger partial charge in [0.15, 0.2) is 0 Å². The number of hydrogen-bond donors (Lipinski definition) is 1. The molecule has 2 rings (SSSR count). The van der Waals surface area contributed by atoms with Crippen LogP contribution in [0.15, 0.2) is 23.1 Å². The van der Waals surface area contributed by atoms with E-state index in [0.717, 1.165) is 26.0 Å². The zero-order chi connectivity index (χ0) is 13.8. The first-order chi connectivity index (χ1) is 9.08. The Bertz CT molecular complexity index is 472. The number of aromatic nitrogens is 1. The number of aryl methyl sites for hydroxylation is 1. The van der Waals surface area contributed by atoms with Crippen molar-refractivity contribution in [1.82, 2.24) is 9.47 Å². The van der Waals surface area contributed by atoms with E-state index in [9.17, 15) is 4.79 Å². The quantitative estimate of drug-likeness (QED) is 0.860. The monoisotopic (exact) mass is 265 g/mol. The van der Waals surface area contributed by atoms with Crippen molar-refractivity contribution in [2.24, 2.45) is 0 Å². The van der Waals surface area contributed by atoms with Crippen LogP contribution in [0.3, 0.4) is 0 Å². The number of hydrogen-bond acceptors (Lipinski definition) is 4. The average molecular weight is 265 g/mol. The maximum atomic E-state index is 11.6. The van der Waals surface area contributed by atoms with E-state index in [1.807, 2.05) is 0 Å². The van der Waals surface area contributed by atoms with Crippen LogP contribution < -0.4 is 11.3 Å². The Labute approximate surface area is 114 Å². The van der Waals surface area contributed by atoms with Gasteiger partial charge < -0.3 is 19.9 Å². The van der Waals surface area contributed by atoms with Gasteiger partial charge >= 0.3 is 0 Å². The fourth-order valence-electron chi connectivity index (χ4n) is 2.68. The third kappa shape index (κ3) is 3.58. The SMILES string of the molecule is CC1OCCC1N(C)CCCn1cc(N)ccc1=O. The van der Waals surface area contributed by atoms with Crippen molar-refractivity contribution in [3.05, 3.63) is 28.7 Å². The number of ether oxygens (including phenoxy) is 1. The van der Waals surface area contributed by atoms with E-state index in [0.29, 0.717) is 24.4 Å². The van der Waals surface area contributed by atoms with Crippen LogP contribution in [0.5, 0.6) is 0 Å². The Morgan fingerprint density at radius 3 is 3.00 bits per heavy atom. The Hall–Kier alpha value is -1.33. The number of rotatable bonds is 5. The zero-order valence-electron chi connectivity index (χ0n) is 11.7. The summed E-state index contributed by atoms with van der Waals surface area (Å²) in [5.74, 6) is 0. The summed E-state index contributed by atoms with van der Waals surface area (Å²) in [7, 11) is 2.12. The van der Waals surface area contributed by atoms with E-state index in [1.165, 1.54) is 6.07 Å². The van der Waals surface area contributed by atoms with E-state index < -0.39 is 0 Å². The molecule has 1 aliphatic rings. The molecule has 0 aliphatic carbocycles. The molecule has 2 N–H and O–H groups in total. The van der Waals surface area contributed by atoms with Gasteiger partial charge in [-0.25, -0.2) is 0 Å². The number of anilines is 1. The van der Waals surface area contributed by atoms with Crippen molar-refractivity contribution >= 4 is 5.69 Å². The molecular weight excluding hydrogens is 242 g/mol. The smallest absolute Gasteiger partial charge is 0.250 e. The number of nitrogens with two attached hydrogens (primary N) is 1. The minimum atomic E-state index is 0.00872. The summed E-state index contributed by atoms with van der Waals surface area (Å²) < 4.78 is 7.25. The standard InChI is InChI=1S/C14H23N3O2/c1-11-13(6-9-19-11)16(2)7-3-8-17-10-12(15)4-5-14(17)18/h4-5,10-11,13H,3,6-9,15H2,1-2H3. The second-order valence-corrected chi connectivity index (χ2v) is 5.26. The van der Waals surface area contributed by atoms with E-state index >= 15 is 0 Å². The molecule has 1 fully saturated rings. The lowest BCUT2D eigenvalue weighted by molar-refractivity contribution is 0.0829. The normalized spacial score (nSPS) is 23.1. The molecule has 0 aromatic carbocycles. The maximum Gasteiger partial charge on any atom is 0.250 e. The van der Waals surface area contributed by atoms with Gasteiger partial charge in [-0.05, 0) is 39.4 Å². The molecular formula is C14H23N3O2. The molecule has 1 aromatic rings. The fourth-order valence-corrected chi connectivity index (χ4v) is 2.68. The summed E-state index contributed by atoms with van der Waals surface area (Å²) in [5.41, 5.74) is 6.33. The minimum Gasteiger partial charge on any atom is -0.398 e. The van der Waals surface area contributed by atoms with Crippen molar-refractivity contribution < 1.29 is 4.74 Å². The first-order valence-corrected chi connectivity index (χ1v) is 6.86. The van der Waals surface area contributed by atoms with Crippen molar-refractivity contribution in [2.45, 2.75) is 38.5 Å². The molecule has 106 valence electrons. The summed E-state index contributed by atoms with van der Waals surface area (Å²) in [6.07, 6.45) is 4.04. The summed E-state index contributed by atoms with van der Waals surface area (Å²) in [6.45, 7) is 4.64. The third-order valence-corrected chi connectivity index (χ3v) is 3.82. The number of likely N-dealkylation sites (N-methyl/N-ethyl adjacent to an activating group) is 1. The van der Waals surface area contributed by atoms with E-state index in [1.54, 1.807) is 16.8 Å². The van der Waals surface area contributed by atoms with E-state index in [-0.39, 0.29) is 5.56 Å². The lowest BCUT2D eigenvalue weighted by atomic mass is 10.1. The van der Waals surface area contributed by atoms with Gasteiger partial charge in [-0.15, -0.1) is 0 Å². The third-order valence-electron chi connectivity index (χ3n) is 3.82. The van der Waals surface area contributed by atoms with Gasteiger partial charge in [-0.3, -0.25) is 4.79 Å². The molecule has 5 nitrogen and oxygen atoms in total. The molecule has 5 heteroatoms. The Balaban J connectivity index is 1.83. The van der Waals surface area contributed by atoms with Gasteiger partial charge in [0.05, 0.1) is 6.10 Å². The van der Waals surface area contributed by atoms with Gasteiger partial charge in [0.2, 0.25) is 0 Å². The van der Waals surface area contributed by atoms with Gasteiger partial charge in [-0.1, -0.05) is 0 Å². The first-order valence-electron chi connectivity index (χ1n) is 6.86. The highest BCUT2D eigenvalue weighted by Gasteiger charge is 2.27. The summed E-state index contributed by atoms with van der Waals surface area (Å²) in [5, 5.41) is 0. The van der Waals surface area contributed by atoms with Crippen molar-refractivity contribution in [1.29, 1.82) is 0 Å². The van der Waals surface area contributed by atoms with Gasteiger partial charge in [0, 0.05) is 37.1 Å². The molecule has 0 spiro atoms. The second-order valence-electron chi connectivity index (χ2n) is 5.26. The lowest BCUT2D eigenvalue weighted by Crippen LogP contribution is -2.37. The highest BCUT2D eigenvalue weighted by Crippen LogP contribution is 2.18. The predicted octanol–water partition coefficient (Wildman–Crippen LogP) is 0.930. The molecule has 1 saturated heterocycles. The Kier molecular flexibility index (Phi) is 4.61. The van der Waals surface area contributed by atoms with Crippen LogP contribution in [0, 0.1) is 0 Å². The van der Waals surface area contributed by atoms with E-state index in [4.69, 9.17) is 10.5 Å². The van der Waals surface area contributed by atoms with Crippen molar-refractivity contribution in [3.8, 4) is 0 Å². The Morgan fingerprint density at radius 1 is 1.53 bits per heavy atom. The van der Waals surface area contributed by atoms with E-state index in [2.05, 4.69) is 18.9 Å². The highest BCUT2D eigenvalue weighted by molar-refractivity contribution is 5.33. The fraction of sp³-hybridized carbons (Fsp3) is 0.643. The van der Waals surface area contributed by atoms with Crippen molar-refractivity contribution in [2.75, 3.05) is 25.9 Å². The molecule has 1 aliphatic heterocycles. The predicted molar refractivity (Wildman–Crippen MR) is 76.2 cm³/mol. The summed E-state index contributed by atoms with van der Waals surface area (Å²) >= 11 is 0. The van der Waals surface area contributed by atoms with Crippen LogP contribution in [0.25, 0.3) is 0 Å². The molecule has 0 bridgehead atoms. The molecule has 19 heavy (non-hydrogen) atoms. The van der Waals surface area contributed by atoms with Crippen LogP contribution in [-0.4, -0.2) is 41.8 Å². The molecule has 1 aromatic heterocycles. The largest absolute Gasteiger partial charge is 0.398 e. The second kappa shape index (κ2) is 6.21. The van der Waals surface area contributed by atoms with Crippen molar-refractivity contribution in [3.63, 3.8) is 0 Å². The molecule has 2 atom stereocenters. The van der Waals surface area contributed by atoms with Crippen LogP contribution >= 0.6 is 0 Å². The molecule has 2 unspecified atom stereocenters. The number of nitrogen functional groups attached to an aromatic ring is 1. The van der Waals surface area contributed by atoms with Gasteiger partial charge in [0.25, 0.3) is 5.56 Å². The van der Waals surface area contributed by atoms with Gasteiger partial charge in [-0.2, -0.15) is 0 Å². The summed E-state index contributed by atoms with van der Waals surface area (Å²) in [4.78, 5) is 14.0. The number of pyridine rings is 1. The average Bonchev–Trinajstić information content (AvgIpc) is 2.80. The summed E-state index contributed by atoms with van der Waals surface area (Å²) in [6, 6.07) is 3.66. The van der Waals surface area contributed by atoms with Crippen LogP contribution in [0.4, 0.5) is 5.69 Å². The van der Waals surface area contributed by atoms with Crippen LogP contribution in [-0.2, 0) is 11.3 Å². The van der Waals surface area contributed by atoms with Crippen LogP contribution in [0.1, 0.15) is 19.8 Å². The maximum absolute atomic E-state index is 11.6. The zero-order valence-corrected chi connectivity index (χ0v) is 11.7. The van der Waals surface area contributed by atoms with Crippen LogP contribution in [0.2, 0.25) is 0 Å². The molecule has 2 heterocycles. The molecule has 0 radical (unpaired) electrons.